The number of amides is 1. The maximum absolute atomic E-state index is 10.7. The number of nitrogens with two attached hydrogens (primary N) is 2. The molecule has 12 heavy (non-hydrogen) atoms. The third-order valence-electron chi connectivity index (χ3n) is 2.50. The van der Waals surface area contributed by atoms with Crippen LogP contribution in [0.1, 0.15) is 12.8 Å². The molecule has 1 amide bonds. The van der Waals surface area contributed by atoms with Crippen LogP contribution in [0, 0.1) is 11.8 Å². The molecule has 0 aromatic heterocycles. The number of aliphatic imine (C=N–C) groups is 1. The Bertz CT molecular complexity index is 241. The number of carbonyl (C=O) groups excluding carboxylic acids is 1. The molecule has 1 aliphatic carbocycles. The lowest BCUT2D eigenvalue weighted by Gasteiger charge is -2.03. The van der Waals surface area contributed by atoms with Crippen molar-refractivity contribution in [2.75, 3.05) is 0 Å². The Morgan fingerprint density at radius 3 is 2.75 bits per heavy atom. The van der Waals surface area contributed by atoms with Crippen LogP contribution in [0.2, 0.25) is 0 Å². The lowest BCUT2D eigenvalue weighted by atomic mass is 10.1. The first-order valence-corrected chi connectivity index (χ1v) is 3.81. The van der Waals surface area contributed by atoms with Crippen LogP contribution in [-0.4, -0.2) is 17.8 Å². The first-order chi connectivity index (χ1) is 5.20. The Kier molecular flexibility index (Phi) is 2.28. The number of amidine groups is 1. The van der Waals surface area contributed by atoms with E-state index in [1.807, 2.05) is 0 Å². The van der Waals surface area contributed by atoms with E-state index in [-0.39, 0.29) is 30.3 Å². The maximum atomic E-state index is 10.7. The molecule has 4 N–H and O–H groups in total. The molecule has 2 rings (SSSR count). The molecule has 2 aliphatic rings. The average molecular weight is 190 g/mol. The molecule has 0 aromatic rings. The Hall–Kier alpha value is -0.770. The SMILES string of the molecule is Cl.NC(=O)[C@@H]1[C@H]2CCC(N)=N[C@H]21. The molecule has 0 aromatic carbocycles. The maximum Gasteiger partial charge on any atom is 0.223 e. The molecule has 0 saturated heterocycles. The van der Waals surface area contributed by atoms with Crippen LogP contribution in [0.3, 0.4) is 0 Å². The van der Waals surface area contributed by atoms with Crippen LogP contribution in [0.25, 0.3) is 0 Å². The fourth-order valence-electron chi connectivity index (χ4n) is 1.83. The summed E-state index contributed by atoms with van der Waals surface area (Å²) in [4.78, 5) is 14.9. The van der Waals surface area contributed by atoms with E-state index in [1.165, 1.54) is 0 Å². The highest BCUT2D eigenvalue weighted by molar-refractivity contribution is 5.86. The topological polar surface area (TPSA) is 81.5 Å². The number of rotatable bonds is 1. The van der Waals surface area contributed by atoms with Crippen LogP contribution in [0.4, 0.5) is 0 Å². The minimum Gasteiger partial charge on any atom is -0.387 e. The number of carbonyl (C=O) groups is 1. The summed E-state index contributed by atoms with van der Waals surface area (Å²) in [6.07, 6.45) is 1.80. The highest BCUT2D eigenvalue weighted by Crippen LogP contribution is 2.47. The Morgan fingerprint density at radius 2 is 2.25 bits per heavy atom. The van der Waals surface area contributed by atoms with Crippen molar-refractivity contribution in [2.24, 2.45) is 28.3 Å². The molecule has 1 saturated carbocycles. The zero-order chi connectivity index (χ0) is 8.01. The second-order valence-corrected chi connectivity index (χ2v) is 3.24. The van der Waals surface area contributed by atoms with E-state index >= 15 is 0 Å². The van der Waals surface area contributed by atoms with Gasteiger partial charge in [-0.3, -0.25) is 9.79 Å². The van der Waals surface area contributed by atoms with Gasteiger partial charge in [0.15, 0.2) is 0 Å². The van der Waals surface area contributed by atoms with E-state index in [4.69, 9.17) is 11.5 Å². The highest BCUT2D eigenvalue weighted by atomic mass is 35.5. The summed E-state index contributed by atoms with van der Waals surface area (Å²) in [6.45, 7) is 0. The van der Waals surface area contributed by atoms with Crippen molar-refractivity contribution in [3.05, 3.63) is 0 Å². The first kappa shape index (κ1) is 9.32. The van der Waals surface area contributed by atoms with Gasteiger partial charge in [0, 0.05) is 6.42 Å². The van der Waals surface area contributed by atoms with E-state index in [0.717, 1.165) is 12.8 Å². The number of hydrogen-bond acceptors (Lipinski definition) is 3. The van der Waals surface area contributed by atoms with E-state index < -0.39 is 0 Å². The zero-order valence-corrected chi connectivity index (χ0v) is 7.38. The molecule has 5 heteroatoms. The Labute approximate surface area is 76.8 Å². The Balaban J connectivity index is 0.000000720. The molecule has 3 atom stereocenters. The van der Waals surface area contributed by atoms with E-state index in [0.29, 0.717) is 11.8 Å². The van der Waals surface area contributed by atoms with E-state index in [2.05, 4.69) is 4.99 Å². The monoisotopic (exact) mass is 189 g/mol. The number of primary amides is 1. The van der Waals surface area contributed by atoms with Gasteiger partial charge in [0.1, 0.15) is 0 Å². The second kappa shape index (κ2) is 2.94. The van der Waals surface area contributed by atoms with Crippen LogP contribution < -0.4 is 11.5 Å². The predicted octanol–water partition coefficient (Wildman–Crippen LogP) is -0.341. The summed E-state index contributed by atoms with van der Waals surface area (Å²) < 4.78 is 0. The van der Waals surface area contributed by atoms with E-state index in [1.54, 1.807) is 0 Å². The number of hydrogen-bond donors (Lipinski definition) is 2. The standard InChI is InChI=1S/C7H11N3O.ClH/c8-4-2-1-3-5(7(9)11)6(3)10-4;/h3,5-6H,1-2H2,(H2,8,10)(H2,9,11);1H/t3-,5-,6-;/m1./s1. The van der Waals surface area contributed by atoms with Crippen LogP contribution in [0.15, 0.2) is 4.99 Å². The van der Waals surface area contributed by atoms with Crippen molar-refractivity contribution in [3.63, 3.8) is 0 Å². The normalized spacial score (nSPS) is 37.3. The molecule has 0 spiro atoms. The van der Waals surface area contributed by atoms with Crippen molar-refractivity contribution in [2.45, 2.75) is 18.9 Å². The summed E-state index contributed by atoms with van der Waals surface area (Å²) in [6, 6.07) is 0.126. The predicted molar refractivity (Wildman–Crippen MR) is 48.1 cm³/mol. The van der Waals surface area contributed by atoms with Crippen LogP contribution in [0.5, 0.6) is 0 Å². The third-order valence-corrected chi connectivity index (χ3v) is 2.50. The van der Waals surface area contributed by atoms with Crippen LogP contribution >= 0.6 is 12.4 Å². The third kappa shape index (κ3) is 1.27. The minimum absolute atomic E-state index is 0. The second-order valence-electron chi connectivity index (χ2n) is 3.24. The Morgan fingerprint density at radius 1 is 1.58 bits per heavy atom. The van der Waals surface area contributed by atoms with Crippen molar-refractivity contribution in [1.82, 2.24) is 0 Å². The summed E-state index contributed by atoms with van der Waals surface area (Å²) in [7, 11) is 0. The van der Waals surface area contributed by atoms with Gasteiger partial charge in [-0.05, 0) is 12.3 Å². The quantitative estimate of drug-likeness (QED) is 0.592. The summed E-state index contributed by atoms with van der Waals surface area (Å²) >= 11 is 0. The molecule has 0 radical (unpaired) electrons. The van der Waals surface area contributed by atoms with Gasteiger partial charge in [-0.1, -0.05) is 0 Å². The van der Waals surface area contributed by atoms with Gasteiger partial charge in [0.2, 0.25) is 5.91 Å². The summed E-state index contributed by atoms with van der Waals surface area (Å²) in [5.74, 6) is 0.837. The van der Waals surface area contributed by atoms with Gasteiger partial charge in [0.25, 0.3) is 0 Å². The van der Waals surface area contributed by atoms with Crippen molar-refractivity contribution >= 4 is 24.1 Å². The molecule has 68 valence electrons. The molecular formula is C7H12ClN3O. The molecule has 1 heterocycles. The van der Waals surface area contributed by atoms with Gasteiger partial charge in [-0.15, -0.1) is 12.4 Å². The van der Waals surface area contributed by atoms with Gasteiger partial charge in [-0.2, -0.15) is 0 Å². The smallest absolute Gasteiger partial charge is 0.223 e. The first-order valence-electron chi connectivity index (χ1n) is 3.81. The van der Waals surface area contributed by atoms with Gasteiger partial charge < -0.3 is 11.5 Å². The fourth-order valence-corrected chi connectivity index (χ4v) is 1.83. The number of halogens is 1. The largest absolute Gasteiger partial charge is 0.387 e. The van der Waals surface area contributed by atoms with Gasteiger partial charge in [-0.25, -0.2) is 0 Å². The molecule has 1 fully saturated rings. The molecule has 0 bridgehead atoms. The minimum atomic E-state index is -0.224. The van der Waals surface area contributed by atoms with Gasteiger partial charge in [0.05, 0.1) is 17.8 Å². The van der Waals surface area contributed by atoms with E-state index in [9.17, 15) is 4.79 Å². The number of nitrogens with zero attached hydrogens (tertiary/aromatic N) is 1. The average Bonchev–Trinajstić information content (AvgIpc) is 2.60. The molecule has 0 unspecified atom stereocenters. The van der Waals surface area contributed by atoms with Crippen LogP contribution in [-0.2, 0) is 4.79 Å². The highest BCUT2D eigenvalue weighted by Gasteiger charge is 2.55. The van der Waals surface area contributed by atoms with Crippen molar-refractivity contribution in [3.8, 4) is 0 Å². The molecule has 1 aliphatic heterocycles. The lowest BCUT2D eigenvalue weighted by Crippen LogP contribution is -2.16. The number of fused-ring (bicyclic) bond motifs is 1. The summed E-state index contributed by atoms with van der Waals surface area (Å²) in [5, 5.41) is 0. The fraction of sp³-hybridized carbons (Fsp3) is 0.714. The molecule has 4 nitrogen and oxygen atoms in total. The lowest BCUT2D eigenvalue weighted by molar-refractivity contribution is -0.119. The molecular weight excluding hydrogens is 178 g/mol. The summed E-state index contributed by atoms with van der Waals surface area (Å²) in [5.41, 5.74) is 10.7. The van der Waals surface area contributed by atoms with Gasteiger partial charge >= 0.3 is 0 Å². The zero-order valence-electron chi connectivity index (χ0n) is 6.56. The van der Waals surface area contributed by atoms with Crippen molar-refractivity contribution in [1.29, 1.82) is 0 Å². The van der Waals surface area contributed by atoms with Crippen molar-refractivity contribution < 1.29 is 4.79 Å².